The first kappa shape index (κ1) is 16.0. The SMILES string of the molecule is CCNC(Cc1nc(C)cs1)c1c(OC)cnn1C(C)C. The molecule has 5 nitrogen and oxygen atoms in total. The number of methoxy groups -OCH3 is 1. The van der Waals surface area contributed by atoms with E-state index >= 15 is 0 Å². The highest BCUT2D eigenvalue weighted by Crippen LogP contribution is 2.30. The van der Waals surface area contributed by atoms with Gasteiger partial charge in [0, 0.05) is 23.5 Å². The van der Waals surface area contributed by atoms with E-state index in [1.54, 1.807) is 24.6 Å². The molecule has 116 valence electrons. The number of nitrogens with one attached hydrogen (secondary N) is 1. The first-order chi connectivity index (χ1) is 10.1. The van der Waals surface area contributed by atoms with E-state index in [4.69, 9.17) is 4.74 Å². The van der Waals surface area contributed by atoms with Gasteiger partial charge in [0.2, 0.25) is 0 Å². The number of nitrogens with zero attached hydrogens (tertiary/aromatic N) is 3. The minimum atomic E-state index is 0.153. The van der Waals surface area contributed by atoms with Crippen molar-refractivity contribution in [3.05, 3.63) is 28.0 Å². The molecule has 0 spiro atoms. The first-order valence-corrected chi connectivity index (χ1v) is 8.20. The van der Waals surface area contributed by atoms with Crippen LogP contribution in [0.3, 0.4) is 0 Å². The van der Waals surface area contributed by atoms with Crippen molar-refractivity contribution in [2.75, 3.05) is 13.7 Å². The van der Waals surface area contributed by atoms with E-state index in [2.05, 4.69) is 41.6 Å². The Labute approximate surface area is 130 Å². The average molecular weight is 308 g/mol. The molecule has 0 saturated heterocycles. The van der Waals surface area contributed by atoms with Crippen LogP contribution in [-0.2, 0) is 6.42 Å². The maximum absolute atomic E-state index is 5.51. The molecular weight excluding hydrogens is 284 g/mol. The Kier molecular flexibility index (Phi) is 5.36. The zero-order valence-electron chi connectivity index (χ0n) is 13.4. The molecule has 0 radical (unpaired) electrons. The van der Waals surface area contributed by atoms with Gasteiger partial charge in [-0.15, -0.1) is 11.3 Å². The number of hydrogen-bond donors (Lipinski definition) is 1. The third kappa shape index (κ3) is 3.63. The molecule has 2 rings (SSSR count). The van der Waals surface area contributed by atoms with Crippen molar-refractivity contribution in [1.82, 2.24) is 20.1 Å². The van der Waals surface area contributed by atoms with Crippen LogP contribution in [0.5, 0.6) is 5.75 Å². The molecule has 2 aromatic heterocycles. The van der Waals surface area contributed by atoms with E-state index < -0.39 is 0 Å². The molecule has 0 bridgehead atoms. The van der Waals surface area contributed by atoms with Gasteiger partial charge in [-0.2, -0.15) is 5.10 Å². The summed E-state index contributed by atoms with van der Waals surface area (Å²) in [6.07, 6.45) is 2.65. The number of ether oxygens (including phenoxy) is 1. The van der Waals surface area contributed by atoms with Crippen molar-refractivity contribution in [2.24, 2.45) is 0 Å². The normalized spacial score (nSPS) is 12.9. The quantitative estimate of drug-likeness (QED) is 0.854. The van der Waals surface area contributed by atoms with Gasteiger partial charge >= 0.3 is 0 Å². The minimum absolute atomic E-state index is 0.153. The summed E-state index contributed by atoms with van der Waals surface area (Å²) < 4.78 is 7.54. The van der Waals surface area contributed by atoms with Crippen LogP contribution in [0.4, 0.5) is 0 Å². The van der Waals surface area contributed by atoms with E-state index in [-0.39, 0.29) is 6.04 Å². The van der Waals surface area contributed by atoms with Crippen LogP contribution in [0.25, 0.3) is 0 Å². The predicted octanol–water partition coefficient (Wildman–Crippen LogP) is 3.13. The van der Waals surface area contributed by atoms with Crippen molar-refractivity contribution >= 4 is 11.3 Å². The summed E-state index contributed by atoms with van der Waals surface area (Å²) in [4.78, 5) is 4.58. The number of rotatable bonds is 7. The molecule has 0 amide bonds. The molecule has 6 heteroatoms. The molecule has 2 heterocycles. The van der Waals surface area contributed by atoms with Gasteiger partial charge in [-0.3, -0.25) is 4.68 Å². The highest BCUT2D eigenvalue weighted by Gasteiger charge is 2.23. The zero-order chi connectivity index (χ0) is 15.4. The van der Waals surface area contributed by atoms with Crippen molar-refractivity contribution < 1.29 is 4.74 Å². The lowest BCUT2D eigenvalue weighted by atomic mass is 10.1. The second-order valence-corrected chi connectivity index (χ2v) is 6.28. The molecule has 1 atom stereocenters. The molecule has 0 aliphatic rings. The molecule has 1 N–H and O–H groups in total. The monoisotopic (exact) mass is 308 g/mol. The predicted molar refractivity (Wildman–Crippen MR) is 86.1 cm³/mol. The Morgan fingerprint density at radius 2 is 2.19 bits per heavy atom. The fraction of sp³-hybridized carbons (Fsp3) is 0.600. The molecule has 0 aliphatic carbocycles. The minimum Gasteiger partial charge on any atom is -0.493 e. The van der Waals surface area contributed by atoms with Crippen molar-refractivity contribution in [3.63, 3.8) is 0 Å². The second kappa shape index (κ2) is 7.04. The summed E-state index contributed by atoms with van der Waals surface area (Å²) in [5.74, 6) is 0.836. The van der Waals surface area contributed by atoms with Crippen molar-refractivity contribution in [3.8, 4) is 5.75 Å². The Morgan fingerprint density at radius 1 is 1.43 bits per heavy atom. The fourth-order valence-electron chi connectivity index (χ4n) is 2.44. The lowest BCUT2D eigenvalue weighted by Crippen LogP contribution is -2.26. The smallest absolute Gasteiger partial charge is 0.161 e. The number of hydrogen-bond acceptors (Lipinski definition) is 5. The molecule has 0 aliphatic heterocycles. The van der Waals surface area contributed by atoms with E-state index in [1.165, 1.54) is 0 Å². The third-order valence-corrected chi connectivity index (χ3v) is 4.32. The first-order valence-electron chi connectivity index (χ1n) is 7.32. The molecular formula is C15H24N4OS. The number of thiazole rings is 1. The highest BCUT2D eigenvalue weighted by molar-refractivity contribution is 7.09. The second-order valence-electron chi connectivity index (χ2n) is 5.33. The largest absolute Gasteiger partial charge is 0.493 e. The Balaban J connectivity index is 2.34. The highest BCUT2D eigenvalue weighted by atomic mass is 32.1. The topological polar surface area (TPSA) is 52.0 Å². The van der Waals surface area contributed by atoms with Gasteiger partial charge in [0.05, 0.1) is 30.1 Å². The summed E-state index contributed by atoms with van der Waals surface area (Å²) in [6.45, 7) is 9.30. The summed E-state index contributed by atoms with van der Waals surface area (Å²) in [6, 6.07) is 0.448. The van der Waals surface area contributed by atoms with Gasteiger partial charge in [0.25, 0.3) is 0 Å². The van der Waals surface area contributed by atoms with Gasteiger partial charge < -0.3 is 10.1 Å². The van der Waals surface area contributed by atoms with E-state index in [0.29, 0.717) is 6.04 Å². The van der Waals surface area contributed by atoms with Gasteiger partial charge in [-0.25, -0.2) is 4.98 Å². The molecule has 1 unspecified atom stereocenters. The number of aromatic nitrogens is 3. The maximum Gasteiger partial charge on any atom is 0.161 e. The standard InChI is InChI=1S/C15H24N4OS/c1-6-16-12(7-14-18-11(4)9-21-14)15-13(20-5)8-17-19(15)10(2)3/h8-10,12,16H,6-7H2,1-5H3. The fourth-order valence-corrected chi connectivity index (χ4v) is 3.26. The molecule has 21 heavy (non-hydrogen) atoms. The lowest BCUT2D eigenvalue weighted by Gasteiger charge is -2.21. The summed E-state index contributed by atoms with van der Waals surface area (Å²) in [7, 11) is 1.70. The Hall–Kier alpha value is -1.40. The van der Waals surface area contributed by atoms with Crippen LogP contribution in [0.2, 0.25) is 0 Å². The van der Waals surface area contributed by atoms with Crippen LogP contribution in [-0.4, -0.2) is 28.4 Å². The van der Waals surface area contributed by atoms with Crippen LogP contribution in [0.1, 0.15) is 49.3 Å². The van der Waals surface area contributed by atoms with Crippen LogP contribution >= 0.6 is 11.3 Å². The number of likely N-dealkylation sites (N-methyl/N-ethyl adjacent to an activating group) is 1. The third-order valence-electron chi connectivity index (χ3n) is 3.33. The zero-order valence-corrected chi connectivity index (χ0v) is 14.2. The van der Waals surface area contributed by atoms with E-state index in [1.807, 2.05) is 11.6 Å². The van der Waals surface area contributed by atoms with Gasteiger partial charge in [0.1, 0.15) is 0 Å². The van der Waals surface area contributed by atoms with Crippen molar-refractivity contribution in [1.29, 1.82) is 0 Å². The van der Waals surface area contributed by atoms with Gasteiger partial charge in [-0.1, -0.05) is 6.92 Å². The van der Waals surface area contributed by atoms with Crippen LogP contribution in [0.15, 0.2) is 11.6 Å². The Morgan fingerprint density at radius 3 is 2.71 bits per heavy atom. The molecule has 0 aromatic carbocycles. The van der Waals surface area contributed by atoms with Crippen LogP contribution in [0, 0.1) is 6.92 Å². The summed E-state index contributed by atoms with van der Waals surface area (Å²) >= 11 is 1.71. The Bertz CT molecular complexity index is 576. The van der Waals surface area contributed by atoms with Gasteiger partial charge in [-0.05, 0) is 27.3 Å². The van der Waals surface area contributed by atoms with Crippen LogP contribution < -0.4 is 10.1 Å². The summed E-state index contributed by atoms with van der Waals surface area (Å²) in [5, 5.41) is 11.2. The van der Waals surface area contributed by atoms with E-state index in [0.717, 1.165) is 35.1 Å². The van der Waals surface area contributed by atoms with Gasteiger partial charge in [0.15, 0.2) is 5.75 Å². The molecule has 0 fully saturated rings. The summed E-state index contributed by atoms with van der Waals surface area (Å²) in [5.41, 5.74) is 2.18. The lowest BCUT2D eigenvalue weighted by molar-refractivity contribution is 0.384. The average Bonchev–Trinajstić information content (AvgIpc) is 3.04. The number of aryl methyl sites for hydroxylation is 1. The van der Waals surface area contributed by atoms with E-state index in [9.17, 15) is 0 Å². The maximum atomic E-state index is 5.51. The van der Waals surface area contributed by atoms with Crippen molar-refractivity contribution in [2.45, 2.75) is 46.2 Å². The molecule has 0 saturated carbocycles. The molecule has 2 aromatic rings.